The monoisotopic (exact) mass is 386 g/mol. The predicted molar refractivity (Wildman–Crippen MR) is 116 cm³/mol. The van der Waals surface area contributed by atoms with E-state index in [1.165, 1.54) is 34.3 Å². The number of thioether (sulfide) groups is 1. The summed E-state index contributed by atoms with van der Waals surface area (Å²) in [5.74, 6) is 0.0390. The molecule has 0 unspecified atom stereocenters. The maximum atomic E-state index is 12.6. The number of thiocarbonyl (C=S) groups is 1. The molecule has 0 saturated carbocycles. The summed E-state index contributed by atoms with van der Waals surface area (Å²) in [6.07, 6.45) is 6.06. The fraction of sp³-hybridized carbons (Fsp3) is 0.429. The van der Waals surface area contributed by atoms with Crippen LogP contribution in [-0.4, -0.2) is 28.7 Å². The Morgan fingerprint density at radius 2 is 2.00 bits per heavy atom. The number of carbonyl (C=O) groups excluding carboxylic acids is 1. The molecule has 0 spiro atoms. The molecule has 3 rings (SSSR count). The van der Waals surface area contributed by atoms with E-state index in [2.05, 4.69) is 63.9 Å². The second-order valence-corrected chi connectivity index (χ2v) is 9.14. The van der Waals surface area contributed by atoms with Crippen LogP contribution in [0.1, 0.15) is 44.7 Å². The quantitative estimate of drug-likeness (QED) is 0.527. The molecular formula is C21H26N2OS2. The highest BCUT2D eigenvalue weighted by Gasteiger charge is 2.38. The van der Waals surface area contributed by atoms with E-state index in [9.17, 15) is 4.79 Å². The number of hydrogen-bond acceptors (Lipinski definition) is 4. The molecule has 0 N–H and O–H groups in total. The van der Waals surface area contributed by atoms with Gasteiger partial charge in [-0.3, -0.25) is 9.69 Å². The number of allylic oxidation sites excluding steroid dienone is 3. The summed E-state index contributed by atoms with van der Waals surface area (Å²) < 4.78 is 0.672. The second kappa shape index (κ2) is 7.20. The number of likely N-dealkylation sites (N-methyl/N-ethyl adjacent to an activating group) is 1. The van der Waals surface area contributed by atoms with Crippen LogP contribution in [0.25, 0.3) is 0 Å². The summed E-state index contributed by atoms with van der Waals surface area (Å²) in [7, 11) is 2.09. The number of carbonyl (C=O) groups is 1. The molecule has 1 fully saturated rings. The Morgan fingerprint density at radius 1 is 1.27 bits per heavy atom. The van der Waals surface area contributed by atoms with Crippen molar-refractivity contribution < 1.29 is 4.79 Å². The first-order valence-electron chi connectivity index (χ1n) is 9.08. The lowest BCUT2D eigenvalue weighted by atomic mass is 9.83. The third-order valence-electron chi connectivity index (χ3n) is 5.19. The van der Waals surface area contributed by atoms with E-state index in [1.807, 2.05) is 6.08 Å². The smallest absolute Gasteiger partial charge is 0.266 e. The van der Waals surface area contributed by atoms with Gasteiger partial charge >= 0.3 is 0 Å². The molecule has 0 radical (unpaired) electrons. The van der Waals surface area contributed by atoms with Crippen LogP contribution in [0.2, 0.25) is 0 Å². The summed E-state index contributed by atoms with van der Waals surface area (Å²) in [5.41, 5.74) is 4.92. The van der Waals surface area contributed by atoms with E-state index in [0.717, 1.165) is 17.7 Å². The minimum absolute atomic E-state index is 0.0390. The van der Waals surface area contributed by atoms with Crippen molar-refractivity contribution in [1.82, 2.24) is 4.90 Å². The molecule has 0 aliphatic carbocycles. The number of fused-ring (bicyclic) bond motifs is 1. The maximum absolute atomic E-state index is 12.6. The number of amides is 1. The number of anilines is 1. The fourth-order valence-corrected chi connectivity index (χ4v) is 4.88. The van der Waals surface area contributed by atoms with Crippen LogP contribution < -0.4 is 4.90 Å². The van der Waals surface area contributed by atoms with Crippen LogP contribution in [0.5, 0.6) is 0 Å². The third kappa shape index (κ3) is 3.23. The molecule has 0 atom stereocenters. The van der Waals surface area contributed by atoms with Crippen molar-refractivity contribution >= 4 is 39.9 Å². The highest BCUT2D eigenvalue weighted by Crippen LogP contribution is 2.47. The Morgan fingerprint density at radius 3 is 2.69 bits per heavy atom. The summed E-state index contributed by atoms with van der Waals surface area (Å²) >= 11 is 6.80. The first-order valence-corrected chi connectivity index (χ1v) is 10.3. The van der Waals surface area contributed by atoms with Gasteiger partial charge in [-0.05, 0) is 37.1 Å². The number of benzene rings is 1. The van der Waals surface area contributed by atoms with Gasteiger partial charge in [0.15, 0.2) is 0 Å². The first kappa shape index (κ1) is 19.2. The van der Waals surface area contributed by atoms with Crippen molar-refractivity contribution in [3.05, 3.63) is 52.1 Å². The molecule has 1 aromatic carbocycles. The van der Waals surface area contributed by atoms with E-state index in [-0.39, 0.29) is 11.3 Å². The molecular weight excluding hydrogens is 360 g/mol. The number of unbranched alkanes of at least 4 members (excludes halogenated alkanes) is 1. The molecule has 0 bridgehead atoms. The Hall–Kier alpha value is -1.59. The van der Waals surface area contributed by atoms with Gasteiger partial charge in [-0.2, -0.15) is 0 Å². The minimum Gasteiger partial charge on any atom is -0.347 e. The number of rotatable bonds is 4. The Kier molecular flexibility index (Phi) is 5.31. The van der Waals surface area contributed by atoms with E-state index < -0.39 is 0 Å². The zero-order chi connectivity index (χ0) is 19.1. The van der Waals surface area contributed by atoms with Gasteiger partial charge in [-0.1, -0.05) is 68.9 Å². The lowest BCUT2D eigenvalue weighted by Crippen LogP contribution is -2.28. The zero-order valence-electron chi connectivity index (χ0n) is 16.1. The van der Waals surface area contributed by atoms with Crippen molar-refractivity contribution in [3.8, 4) is 0 Å². The normalized spacial score (nSPS) is 22.0. The number of nitrogens with zero attached hydrogens (tertiary/aromatic N) is 2. The average molecular weight is 387 g/mol. The van der Waals surface area contributed by atoms with Crippen molar-refractivity contribution in [2.75, 3.05) is 18.5 Å². The molecule has 2 heterocycles. The Labute approximate surface area is 166 Å². The zero-order valence-corrected chi connectivity index (χ0v) is 17.8. The van der Waals surface area contributed by atoms with Crippen LogP contribution >= 0.6 is 24.0 Å². The van der Waals surface area contributed by atoms with Crippen molar-refractivity contribution in [2.24, 2.45) is 0 Å². The van der Waals surface area contributed by atoms with Gasteiger partial charge < -0.3 is 4.90 Å². The first-order chi connectivity index (χ1) is 12.3. The van der Waals surface area contributed by atoms with Gasteiger partial charge in [-0.25, -0.2) is 0 Å². The molecule has 26 heavy (non-hydrogen) atoms. The van der Waals surface area contributed by atoms with E-state index in [4.69, 9.17) is 12.2 Å². The van der Waals surface area contributed by atoms with Crippen LogP contribution in [0, 0.1) is 6.92 Å². The topological polar surface area (TPSA) is 23.6 Å². The summed E-state index contributed by atoms with van der Waals surface area (Å²) in [6, 6.07) is 6.58. The second-order valence-electron chi connectivity index (χ2n) is 7.47. The van der Waals surface area contributed by atoms with Crippen molar-refractivity contribution in [3.63, 3.8) is 0 Å². The lowest BCUT2D eigenvalue weighted by Gasteiger charge is -2.23. The average Bonchev–Trinajstić information content (AvgIpc) is 2.95. The van der Waals surface area contributed by atoms with Gasteiger partial charge in [0.1, 0.15) is 4.32 Å². The van der Waals surface area contributed by atoms with Gasteiger partial charge in [0, 0.05) is 30.4 Å². The summed E-state index contributed by atoms with van der Waals surface area (Å²) in [4.78, 5) is 17.3. The van der Waals surface area contributed by atoms with Gasteiger partial charge in [0.2, 0.25) is 0 Å². The molecule has 3 nitrogen and oxygen atoms in total. The standard InChI is InChI=1S/C21H26N2OS2/c1-6-7-12-23-19(24)17(26-20(23)25)10-11-18-21(3,4)15-13-14(2)8-9-16(15)22(18)5/h8-11,13H,6-7,12H2,1-5H3/b17-10-,18-11+. The summed E-state index contributed by atoms with van der Waals surface area (Å²) in [5, 5.41) is 0. The molecule has 138 valence electrons. The molecule has 0 aromatic heterocycles. The van der Waals surface area contributed by atoms with Crippen LogP contribution in [0.15, 0.2) is 41.0 Å². The minimum atomic E-state index is -0.0953. The van der Waals surface area contributed by atoms with Crippen LogP contribution in [0.3, 0.4) is 0 Å². The molecule has 5 heteroatoms. The largest absolute Gasteiger partial charge is 0.347 e. The molecule has 1 saturated heterocycles. The van der Waals surface area contributed by atoms with E-state index >= 15 is 0 Å². The predicted octanol–water partition coefficient (Wildman–Crippen LogP) is 5.15. The van der Waals surface area contributed by atoms with Crippen LogP contribution in [-0.2, 0) is 10.2 Å². The van der Waals surface area contributed by atoms with E-state index in [0.29, 0.717) is 10.9 Å². The van der Waals surface area contributed by atoms with Gasteiger partial charge in [0.25, 0.3) is 5.91 Å². The highest BCUT2D eigenvalue weighted by atomic mass is 32.2. The highest BCUT2D eigenvalue weighted by molar-refractivity contribution is 8.26. The fourth-order valence-electron chi connectivity index (χ4n) is 3.63. The number of aryl methyl sites for hydroxylation is 1. The summed E-state index contributed by atoms with van der Waals surface area (Å²) in [6.45, 7) is 9.43. The molecule has 1 aromatic rings. The van der Waals surface area contributed by atoms with E-state index in [1.54, 1.807) is 4.90 Å². The molecule has 1 amide bonds. The van der Waals surface area contributed by atoms with Crippen LogP contribution in [0.4, 0.5) is 5.69 Å². The molecule has 2 aliphatic heterocycles. The molecule has 2 aliphatic rings. The SMILES string of the molecule is CCCCN1C(=O)/C(=C/C=C2/N(C)c3ccc(C)cc3C2(C)C)SC1=S. The lowest BCUT2D eigenvalue weighted by molar-refractivity contribution is -0.122. The van der Waals surface area contributed by atoms with Gasteiger partial charge in [-0.15, -0.1) is 0 Å². The third-order valence-corrected chi connectivity index (χ3v) is 6.59. The Bertz CT molecular complexity index is 823. The van der Waals surface area contributed by atoms with Crippen molar-refractivity contribution in [1.29, 1.82) is 0 Å². The number of hydrogen-bond donors (Lipinski definition) is 0. The Balaban J connectivity index is 1.90. The van der Waals surface area contributed by atoms with Crippen molar-refractivity contribution in [2.45, 2.75) is 46.0 Å². The maximum Gasteiger partial charge on any atom is 0.266 e. The van der Waals surface area contributed by atoms with Gasteiger partial charge in [0.05, 0.1) is 4.91 Å².